The smallest absolute Gasteiger partial charge is 0.244 e. The number of nitrogens with one attached hydrogen (secondary N) is 2. The summed E-state index contributed by atoms with van der Waals surface area (Å²) in [4.78, 5) is 12.4. The van der Waals surface area contributed by atoms with E-state index in [0.29, 0.717) is 11.4 Å². The molecular weight excluding hydrogens is 380 g/mol. The van der Waals surface area contributed by atoms with Gasteiger partial charge in [0.1, 0.15) is 16.4 Å². The van der Waals surface area contributed by atoms with Crippen LogP contribution in [0.3, 0.4) is 0 Å². The summed E-state index contributed by atoms with van der Waals surface area (Å²) in [5.74, 6) is 0.461. The lowest BCUT2D eigenvalue weighted by molar-refractivity contribution is -0.117. The molecule has 7 nitrogen and oxygen atoms in total. The monoisotopic (exact) mass is 406 g/mol. The van der Waals surface area contributed by atoms with Crippen molar-refractivity contribution in [3.8, 4) is 11.5 Å². The Kier molecular flexibility index (Phi) is 7.04. The highest BCUT2D eigenvalue weighted by Crippen LogP contribution is 2.28. The van der Waals surface area contributed by atoms with Crippen LogP contribution in [0.25, 0.3) is 0 Å². The Labute approximate surface area is 166 Å². The molecule has 2 aromatic carbocycles. The number of amides is 1. The number of benzene rings is 2. The highest BCUT2D eigenvalue weighted by Gasteiger charge is 2.26. The molecule has 28 heavy (non-hydrogen) atoms. The Balaban J connectivity index is 2.20. The van der Waals surface area contributed by atoms with Gasteiger partial charge in [0, 0.05) is 11.8 Å². The van der Waals surface area contributed by atoms with Crippen molar-refractivity contribution >= 4 is 21.6 Å². The van der Waals surface area contributed by atoms with Crippen molar-refractivity contribution in [3.63, 3.8) is 0 Å². The Morgan fingerprint density at radius 1 is 1.00 bits per heavy atom. The zero-order chi connectivity index (χ0) is 20.9. The molecular formula is C20H26N2O5S. The Morgan fingerprint density at radius 3 is 2.32 bits per heavy atom. The van der Waals surface area contributed by atoms with Crippen LogP contribution in [0.4, 0.5) is 5.69 Å². The highest BCUT2D eigenvalue weighted by atomic mass is 32.2. The third kappa shape index (κ3) is 5.24. The molecule has 2 N–H and O–H groups in total. The van der Waals surface area contributed by atoms with Gasteiger partial charge >= 0.3 is 0 Å². The third-order valence-electron chi connectivity index (χ3n) is 4.21. The SMILES string of the molecule is COc1cccc(NC(=O)C(C)NS(=O)(=O)c2cc(C(C)C)ccc2OC)c1. The van der Waals surface area contributed by atoms with Gasteiger partial charge in [0.2, 0.25) is 15.9 Å². The minimum absolute atomic E-state index is 0.00207. The van der Waals surface area contributed by atoms with Gasteiger partial charge in [-0.05, 0) is 42.7 Å². The van der Waals surface area contributed by atoms with Gasteiger partial charge in [-0.2, -0.15) is 4.72 Å². The number of anilines is 1. The van der Waals surface area contributed by atoms with Crippen LogP contribution in [0, 0.1) is 0 Å². The summed E-state index contributed by atoms with van der Waals surface area (Å²) in [6.45, 7) is 5.41. The third-order valence-corrected chi connectivity index (χ3v) is 5.77. The molecule has 0 bridgehead atoms. The summed E-state index contributed by atoms with van der Waals surface area (Å²) in [7, 11) is -1.04. The van der Waals surface area contributed by atoms with Gasteiger partial charge in [-0.1, -0.05) is 26.0 Å². The summed E-state index contributed by atoms with van der Waals surface area (Å²) < 4.78 is 38.4. The summed E-state index contributed by atoms with van der Waals surface area (Å²) in [6, 6.07) is 10.8. The van der Waals surface area contributed by atoms with Crippen molar-refractivity contribution in [2.45, 2.75) is 37.6 Å². The minimum atomic E-state index is -3.97. The maximum Gasteiger partial charge on any atom is 0.244 e. The van der Waals surface area contributed by atoms with E-state index in [9.17, 15) is 13.2 Å². The van der Waals surface area contributed by atoms with E-state index in [1.807, 2.05) is 19.9 Å². The lowest BCUT2D eigenvalue weighted by Crippen LogP contribution is -2.41. The van der Waals surface area contributed by atoms with Gasteiger partial charge in [0.25, 0.3) is 0 Å². The second kappa shape index (κ2) is 9.07. The number of methoxy groups -OCH3 is 2. The number of hydrogen-bond donors (Lipinski definition) is 2. The van der Waals surface area contributed by atoms with Crippen molar-refractivity contribution in [1.82, 2.24) is 4.72 Å². The summed E-state index contributed by atoms with van der Waals surface area (Å²) in [5, 5.41) is 2.67. The maximum absolute atomic E-state index is 12.9. The molecule has 152 valence electrons. The predicted molar refractivity (Wildman–Crippen MR) is 108 cm³/mol. The highest BCUT2D eigenvalue weighted by molar-refractivity contribution is 7.89. The van der Waals surface area contributed by atoms with Crippen molar-refractivity contribution in [3.05, 3.63) is 48.0 Å². The molecule has 0 saturated heterocycles. The number of rotatable bonds is 8. The van der Waals surface area contributed by atoms with E-state index in [0.717, 1.165) is 5.56 Å². The lowest BCUT2D eigenvalue weighted by atomic mass is 10.0. The second-order valence-corrected chi connectivity index (χ2v) is 8.31. The van der Waals surface area contributed by atoms with E-state index in [1.165, 1.54) is 21.1 Å². The number of hydrogen-bond acceptors (Lipinski definition) is 5. The number of carbonyl (C=O) groups is 1. The van der Waals surface area contributed by atoms with Crippen molar-refractivity contribution in [2.75, 3.05) is 19.5 Å². The van der Waals surface area contributed by atoms with Crippen LogP contribution >= 0.6 is 0 Å². The Bertz CT molecular complexity index is 941. The summed E-state index contributed by atoms with van der Waals surface area (Å²) >= 11 is 0. The quantitative estimate of drug-likeness (QED) is 0.702. The molecule has 0 aromatic heterocycles. The molecule has 0 saturated carbocycles. The summed E-state index contributed by atoms with van der Waals surface area (Å²) in [5.41, 5.74) is 1.37. The van der Waals surface area contributed by atoms with Gasteiger partial charge in [-0.3, -0.25) is 4.79 Å². The first-order valence-corrected chi connectivity index (χ1v) is 10.3. The van der Waals surface area contributed by atoms with Crippen LogP contribution < -0.4 is 19.5 Å². The zero-order valence-electron chi connectivity index (χ0n) is 16.6. The van der Waals surface area contributed by atoms with Crippen molar-refractivity contribution < 1.29 is 22.7 Å². The molecule has 0 aliphatic heterocycles. The first kappa shape index (κ1) is 21.7. The van der Waals surface area contributed by atoms with Gasteiger partial charge in [-0.25, -0.2) is 8.42 Å². The van der Waals surface area contributed by atoms with Crippen LogP contribution in [0.15, 0.2) is 47.4 Å². The molecule has 1 atom stereocenters. The molecule has 1 unspecified atom stereocenters. The first-order chi connectivity index (χ1) is 13.2. The molecule has 0 heterocycles. The molecule has 0 radical (unpaired) electrons. The molecule has 0 spiro atoms. The molecule has 2 aromatic rings. The standard InChI is InChI=1S/C20H26N2O5S/c1-13(2)15-9-10-18(27-5)19(11-15)28(24,25)22-14(3)20(23)21-16-7-6-8-17(12-16)26-4/h6-14,22H,1-5H3,(H,21,23). The van der Waals surface area contributed by atoms with Gasteiger partial charge in [0.05, 0.1) is 20.3 Å². The van der Waals surface area contributed by atoms with E-state index < -0.39 is 22.0 Å². The average molecular weight is 407 g/mol. The van der Waals surface area contributed by atoms with Gasteiger partial charge in [-0.15, -0.1) is 0 Å². The fourth-order valence-electron chi connectivity index (χ4n) is 2.56. The average Bonchev–Trinajstić information content (AvgIpc) is 2.67. The fourth-order valence-corrected chi connectivity index (χ4v) is 3.97. The van der Waals surface area contributed by atoms with E-state index >= 15 is 0 Å². The normalized spacial score (nSPS) is 12.5. The predicted octanol–water partition coefficient (Wildman–Crippen LogP) is 3.13. The molecule has 0 aliphatic rings. The van der Waals surface area contributed by atoms with Crippen LogP contribution in [0.5, 0.6) is 11.5 Å². The van der Waals surface area contributed by atoms with E-state index in [1.54, 1.807) is 36.4 Å². The first-order valence-electron chi connectivity index (χ1n) is 8.83. The Morgan fingerprint density at radius 2 is 1.71 bits per heavy atom. The fraction of sp³-hybridized carbons (Fsp3) is 0.350. The molecule has 1 amide bonds. The van der Waals surface area contributed by atoms with Gasteiger partial charge in [0.15, 0.2) is 0 Å². The zero-order valence-corrected chi connectivity index (χ0v) is 17.5. The van der Waals surface area contributed by atoms with Crippen LogP contribution in [-0.2, 0) is 14.8 Å². The molecule has 2 rings (SSSR count). The molecule has 0 fully saturated rings. The van der Waals surface area contributed by atoms with Gasteiger partial charge < -0.3 is 14.8 Å². The molecule has 0 aliphatic carbocycles. The minimum Gasteiger partial charge on any atom is -0.497 e. The Hall–Kier alpha value is -2.58. The lowest BCUT2D eigenvalue weighted by Gasteiger charge is -2.17. The van der Waals surface area contributed by atoms with E-state index in [-0.39, 0.29) is 16.6 Å². The van der Waals surface area contributed by atoms with Crippen LogP contribution in [0.1, 0.15) is 32.3 Å². The summed E-state index contributed by atoms with van der Waals surface area (Å²) in [6.07, 6.45) is 0. The second-order valence-electron chi connectivity index (χ2n) is 6.63. The van der Waals surface area contributed by atoms with Crippen molar-refractivity contribution in [2.24, 2.45) is 0 Å². The van der Waals surface area contributed by atoms with E-state index in [2.05, 4.69) is 10.0 Å². The molecule has 8 heteroatoms. The number of sulfonamides is 1. The van der Waals surface area contributed by atoms with Crippen LogP contribution in [0.2, 0.25) is 0 Å². The largest absolute Gasteiger partial charge is 0.497 e. The number of ether oxygens (including phenoxy) is 2. The number of carbonyl (C=O) groups excluding carboxylic acids is 1. The van der Waals surface area contributed by atoms with Crippen molar-refractivity contribution in [1.29, 1.82) is 0 Å². The van der Waals surface area contributed by atoms with E-state index in [4.69, 9.17) is 9.47 Å². The van der Waals surface area contributed by atoms with Crippen LogP contribution in [-0.4, -0.2) is 34.6 Å². The topological polar surface area (TPSA) is 93.7 Å². The maximum atomic E-state index is 12.9.